The van der Waals surface area contributed by atoms with Gasteiger partial charge in [-0.1, -0.05) is 6.92 Å². The minimum absolute atomic E-state index is 0.00951. The number of ether oxygens (including phenoxy) is 1. The zero-order valence-corrected chi connectivity index (χ0v) is 11.0. The maximum Gasteiger partial charge on any atom is 0.193 e. The Hall–Kier alpha value is -2.23. The summed E-state index contributed by atoms with van der Waals surface area (Å²) in [5.74, 6) is -1.30. The van der Waals surface area contributed by atoms with Gasteiger partial charge in [0.05, 0.1) is 6.61 Å². The van der Waals surface area contributed by atoms with Crippen molar-refractivity contribution in [2.45, 2.75) is 13.3 Å². The second-order valence-electron chi connectivity index (χ2n) is 4.36. The molecule has 0 bridgehead atoms. The Balaban J connectivity index is 2.20. The van der Waals surface area contributed by atoms with Crippen LogP contribution in [0.15, 0.2) is 42.5 Å². The van der Waals surface area contributed by atoms with Crippen molar-refractivity contribution < 1.29 is 18.3 Å². The van der Waals surface area contributed by atoms with Crippen molar-refractivity contribution in [2.75, 3.05) is 6.61 Å². The summed E-state index contributed by atoms with van der Waals surface area (Å²) in [6.07, 6.45) is 0.892. The summed E-state index contributed by atoms with van der Waals surface area (Å²) >= 11 is 0. The fourth-order valence-electron chi connectivity index (χ4n) is 1.77. The van der Waals surface area contributed by atoms with E-state index in [4.69, 9.17) is 4.74 Å². The molecule has 0 saturated heterocycles. The second kappa shape index (κ2) is 6.28. The Labute approximate surface area is 116 Å². The number of ketones is 1. The first kappa shape index (κ1) is 14.2. The highest BCUT2D eigenvalue weighted by Crippen LogP contribution is 2.17. The monoisotopic (exact) mass is 276 g/mol. The van der Waals surface area contributed by atoms with E-state index in [2.05, 4.69) is 0 Å². The zero-order chi connectivity index (χ0) is 14.5. The lowest BCUT2D eigenvalue weighted by Crippen LogP contribution is -2.03. The van der Waals surface area contributed by atoms with Gasteiger partial charge in [-0.15, -0.1) is 0 Å². The lowest BCUT2D eigenvalue weighted by Gasteiger charge is -2.06. The minimum atomic E-state index is -0.767. The number of carbonyl (C=O) groups is 1. The van der Waals surface area contributed by atoms with Crippen molar-refractivity contribution >= 4 is 5.78 Å². The van der Waals surface area contributed by atoms with E-state index in [1.54, 1.807) is 24.3 Å². The lowest BCUT2D eigenvalue weighted by molar-refractivity contribution is 0.103. The van der Waals surface area contributed by atoms with Gasteiger partial charge >= 0.3 is 0 Å². The molecule has 2 nitrogen and oxygen atoms in total. The molecule has 20 heavy (non-hydrogen) atoms. The molecular formula is C16H14F2O2. The fraction of sp³-hybridized carbons (Fsp3) is 0.188. The summed E-state index contributed by atoms with van der Waals surface area (Å²) in [7, 11) is 0. The largest absolute Gasteiger partial charge is 0.494 e. The lowest BCUT2D eigenvalue weighted by atomic mass is 10.0. The summed E-state index contributed by atoms with van der Waals surface area (Å²) < 4.78 is 31.6. The van der Waals surface area contributed by atoms with Gasteiger partial charge in [0, 0.05) is 17.2 Å². The van der Waals surface area contributed by atoms with Gasteiger partial charge in [0.25, 0.3) is 0 Å². The van der Waals surface area contributed by atoms with Crippen molar-refractivity contribution in [2.24, 2.45) is 0 Å². The van der Waals surface area contributed by atoms with Crippen LogP contribution in [0.1, 0.15) is 29.3 Å². The third kappa shape index (κ3) is 3.41. The van der Waals surface area contributed by atoms with Crippen molar-refractivity contribution in [3.63, 3.8) is 0 Å². The molecule has 0 aliphatic rings. The number of rotatable bonds is 5. The molecule has 2 rings (SSSR count). The highest BCUT2D eigenvalue weighted by atomic mass is 19.1. The Morgan fingerprint density at radius 1 is 1.00 bits per heavy atom. The molecule has 0 unspecified atom stereocenters. The van der Waals surface area contributed by atoms with Crippen LogP contribution in [0.25, 0.3) is 0 Å². The fourth-order valence-corrected chi connectivity index (χ4v) is 1.77. The number of benzene rings is 2. The van der Waals surface area contributed by atoms with E-state index >= 15 is 0 Å². The molecule has 0 amide bonds. The number of hydrogen-bond acceptors (Lipinski definition) is 2. The van der Waals surface area contributed by atoms with Crippen molar-refractivity contribution in [1.82, 2.24) is 0 Å². The van der Waals surface area contributed by atoms with Gasteiger partial charge in [-0.2, -0.15) is 0 Å². The van der Waals surface area contributed by atoms with Crippen LogP contribution in [0, 0.1) is 11.6 Å². The molecule has 2 aromatic carbocycles. The van der Waals surface area contributed by atoms with Crippen LogP contribution in [0.4, 0.5) is 8.78 Å². The van der Waals surface area contributed by atoms with E-state index in [9.17, 15) is 13.6 Å². The molecule has 0 aliphatic carbocycles. The molecule has 0 atom stereocenters. The van der Waals surface area contributed by atoms with Crippen LogP contribution in [0.3, 0.4) is 0 Å². The predicted molar refractivity (Wildman–Crippen MR) is 72.0 cm³/mol. The first-order valence-electron chi connectivity index (χ1n) is 6.34. The molecular weight excluding hydrogens is 262 g/mol. The number of hydrogen-bond donors (Lipinski definition) is 0. The van der Waals surface area contributed by atoms with Gasteiger partial charge in [0.1, 0.15) is 17.4 Å². The summed E-state index contributed by atoms with van der Waals surface area (Å²) in [6, 6.07) is 9.27. The SMILES string of the molecule is CCCOc1ccc(C(=O)c2cc(F)cc(F)c2)cc1. The highest BCUT2D eigenvalue weighted by Gasteiger charge is 2.11. The van der Waals surface area contributed by atoms with Gasteiger partial charge < -0.3 is 4.74 Å². The third-order valence-electron chi connectivity index (χ3n) is 2.71. The van der Waals surface area contributed by atoms with Gasteiger partial charge in [0.2, 0.25) is 0 Å². The van der Waals surface area contributed by atoms with Crippen molar-refractivity contribution in [1.29, 1.82) is 0 Å². The van der Waals surface area contributed by atoms with Gasteiger partial charge in [-0.05, 0) is 42.8 Å². The van der Waals surface area contributed by atoms with Gasteiger partial charge in [0.15, 0.2) is 5.78 Å². The van der Waals surface area contributed by atoms with E-state index in [1.807, 2.05) is 6.92 Å². The molecule has 0 N–H and O–H groups in total. The van der Waals surface area contributed by atoms with E-state index < -0.39 is 17.4 Å². The van der Waals surface area contributed by atoms with Crippen LogP contribution in [0.2, 0.25) is 0 Å². The van der Waals surface area contributed by atoms with E-state index in [1.165, 1.54) is 0 Å². The first-order chi connectivity index (χ1) is 9.60. The van der Waals surface area contributed by atoms with Gasteiger partial charge in [-0.3, -0.25) is 4.79 Å². The topological polar surface area (TPSA) is 26.3 Å². The standard InChI is InChI=1S/C16H14F2O2/c1-2-7-20-15-5-3-11(4-6-15)16(19)12-8-13(17)10-14(18)9-12/h3-6,8-10H,2,7H2,1H3. The second-order valence-corrected chi connectivity index (χ2v) is 4.36. The van der Waals surface area contributed by atoms with Crippen LogP contribution >= 0.6 is 0 Å². The van der Waals surface area contributed by atoms with Gasteiger partial charge in [-0.25, -0.2) is 8.78 Å². The molecule has 0 saturated carbocycles. The summed E-state index contributed by atoms with van der Waals surface area (Å²) in [6.45, 7) is 2.60. The Morgan fingerprint density at radius 3 is 2.15 bits per heavy atom. The summed E-state index contributed by atoms with van der Waals surface area (Å²) in [5, 5.41) is 0. The van der Waals surface area contributed by atoms with Crippen molar-refractivity contribution in [3.05, 3.63) is 65.2 Å². The molecule has 0 spiro atoms. The van der Waals surface area contributed by atoms with E-state index in [0.717, 1.165) is 24.6 Å². The molecule has 0 radical (unpaired) electrons. The van der Waals surface area contributed by atoms with Crippen LogP contribution in [0.5, 0.6) is 5.75 Å². The number of halogens is 2. The molecule has 0 aromatic heterocycles. The van der Waals surface area contributed by atoms with E-state index in [-0.39, 0.29) is 5.56 Å². The average Bonchev–Trinajstić information content (AvgIpc) is 2.44. The smallest absolute Gasteiger partial charge is 0.193 e. The molecule has 0 fully saturated rings. The van der Waals surface area contributed by atoms with Crippen molar-refractivity contribution in [3.8, 4) is 5.75 Å². The van der Waals surface area contributed by atoms with Crippen LogP contribution in [-0.4, -0.2) is 12.4 Å². The molecule has 4 heteroatoms. The third-order valence-corrected chi connectivity index (χ3v) is 2.71. The molecule has 0 aliphatic heterocycles. The Kier molecular flexibility index (Phi) is 4.45. The van der Waals surface area contributed by atoms with E-state index in [0.29, 0.717) is 17.9 Å². The highest BCUT2D eigenvalue weighted by molar-refractivity contribution is 6.09. The molecule has 0 heterocycles. The maximum absolute atomic E-state index is 13.1. The quantitative estimate of drug-likeness (QED) is 0.772. The van der Waals surface area contributed by atoms with Crippen LogP contribution in [-0.2, 0) is 0 Å². The predicted octanol–water partition coefficient (Wildman–Crippen LogP) is 3.98. The maximum atomic E-state index is 13.1. The first-order valence-corrected chi connectivity index (χ1v) is 6.34. The average molecular weight is 276 g/mol. The molecule has 104 valence electrons. The Morgan fingerprint density at radius 2 is 1.60 bits per heavy atom. The molecule has 2 aromatic rings. The normalized spacial score (nSPS) is 10.3. The zero-order valence-electron chi connectivity index (χ0n) is 11.0. The Bertz CT molecular complexity index is 586. The van der Waals surface area contributed by atoms with Crippen LogP contribution < -0.4 is 4.74 Å². The number of carbonyl (C=O) groups excluding carboxylic acids is 1. The summed E-state index contributed by atoms with van der Waals surface area (Å²) in [5.41, 5.74) is 0.351. The minimum Gasteiger partial charge on any atom is -0.494 e. The summed E-state index contributed by atoms with van der Waals surface area (Å²) in [4.78, 5) is 12.1.